The maximum absolute atomic E-state index is 13.8. The Bertz CT molecular complexity index is 2770. The van der Waals surface area contributed by atoms with Gasteiger partial charge in [0.05, 0.1) is 11.0 Å². The summed E-state index contributed by atoms with van der Waals surface area (Å²) < 4.78 is 0. The molecule has 0 unspecified atom stereocenters. The van der Waals surface area contributed by atoms with Crippen LogP contribution in [-0.2, 0) is 13.1 Å². The molecule has 2 heterocycles. The Morgan fingerprint density at radius 3 is 1.07 bits per heavy atom. The predicted octanol–water partition coefficient (Wildman–Crippen LogP) is 9.80. The fourth-order valence-electron chi connectivity index (χ4n) is 8.50. The van der Waals surface area contributed by atoms with Crippen LogP contribution in [0.2, 0.25) is 0 Å². The SMILES string of the molecule is CN(CCN(C)C(=O)c1ccc2ccc3ccc(C(=O)N(C)CCN(C)Cc4c5ccccc5cc5ccccc45)nc3c2n1)Cc1c2ccccc2cc2ccccc12. The van der Waals surface area contributed by atoms with Crippen LogP contribution in [0.15, 0.2) is 146 Å². The summed E-state index contributed by atoms with van der Waals surface area (Å²) in [6.45, 7) is 3.95. The van der Waals surface area contributed by atoms with Gasteiger partial charge in [-0.2, -0.15) is 0 Å². The lowest BCUT2D eigenvalue weighted by Crippen LogP contribution is -2.35. The highest BCUT2D eigenvalue weighted by molar-refractivity contribution is 6.07. The minimum Gasteiger partial charge on any atom is -0.339 e. The van der Waals surface area contributed by atoms with Crippen LogP contribution < -0.4 is 0 Å². The van der Waals surface area contributed by atoms with E-state index >= 15 is 0 Å². The smallest absolute Gasteiger partial charge is 0.272 e. The van der Waals surface area contributed by atoms with Crippen LogP contribution in [0.25, 0.3) is 64.9 Å². The molecule has 0 bridgehead atoms. The summed E-state index contributed by atoms with van der Waals surface area (Å²) in [4.78, 5) is 45.4. The Morgan fingerprint density at radius 2 is 0.717 bits per heavy atom. The molecule has 60 heavy (non-hydrogen) atoms. The van der Waals surface area contributed by atoms with Crippen LogP contribution in [0.1, 0.15) is 32.1 Å². The third kappa shape index (κ3) is 7.63. The number of aromatic nitrogens is 2. The number of nitrogens with zero attached hydrogens (tertiary/aromatic N) is 6. The maximum atomic E-state index is 13.8. The fourth-order valence-corrected chi connectivity index (χ4v) is 8.50. The number of hydrogen-bond donors (Lipinski definition) is 0. The molecule has 2 amide bonds. The summed E-state index contributed by atoms with van der Waals surface area (Å²) in [6.07, 6.45) is 0. The van der Waals surface area contributed by atoms with Crippen molar-refractivity contribution in [2.24, 2.45) is 0 Å². The van der Waals surface area contributed by atoms with Gasteiger partial charge >= 0.3 is 0 Å². The van der Waals surface area contributed by atoms with Crippen LogP contribution in [0.4, 0.5) is 0 Å². The first-order valence-electron chi connectivity index (χ1n) is 20.6. The van der Waals surface area contributed by atoms with Gasteiger partial charge in [0.2, 0.25) is 0 Å². The second-order valence-electron chi connectivity index (χ2n) is 16.1. The molecule has 0 atom stereocenters. The van der Waals surface area contributed by atoms with Gasteiger partial charge < -0.3 is 19.6 Å². The van der Waals surface area contributed by atoms with Gasteiger partial charge in [-0.15, -0.1) is 0 Å². The Balaban J connectivity index is 0.878. The molecule has 0 saturated heterocycles. The summed E-state index contributed by atoms with van der Waals surface area (Å²) in [5.41, 5.74) is 4.48. The molecule has 8 heteroatoms. The molecule has 0 N–H and O–H groups in total. The van der Waals surface area contributed by atoms with Crippen molar-refractivity contribution in [3.8, 4) is 0 Å². The number of benzene rings is 7. The van der Waals surface area contributed by atoms with Gasteiger partial charge in [0, 0.05) is 64.1 Å². The summed E-state index contributed by atoms with van der Waals surface area (Å²) in [5.74, 6) is -0.323. The summed E-state index contributed by atoms with van der Waals surface area (Å²) in [6, 6.07) is 50.0. The van der Waals surface area contributed by atoms with Gasteiger partial charge in [0.25, 0.3) is 11.8 Å². The second-order valence-corrected chi connectivity index (χ2v) is 16.1. The Hall–Kier alpha value is -6.74. The lowest BCUT2D eigenvalue weighted by Gasteiger charge is -2.24. The average Bonchev–Trinajstić information content (AvgIpc) is 3.28. The number of hydrogen-bond acceptors (Lipinski definition) is 6. The van der Waals surface area contributed by atoms with Crippen LogP contribution in [0, 0.1) is 0 Å². The zero-order valence-electron chi connectivity index (χ0n) is 34.6. The molecule has 298 valence electrons. The molecule has 0 aliphatic carbocycles. The quantitative estimate of drug-likeness (QED) is 0.0907. The number of carbonyl (C=O) groups excluding carboxylic acids is 2. The number of likely N-dealkylation sites (N-methyl/N-ethyl adjacent to an activating group) is 4. The molecule has 0 spiro atoms. The average molecular weight is 789 g/mol. The highest BCUT2D eigenvalue weighted by Gasteiger charge is 2.19. The second kappa shape index (κ2) is 16.5. The van der Waals surface area contributed by atoms with Crippen LogP contribution in [0.5, 0.6) is 0 Å². The van der Waals surface area contributed by atoms with Crippen molar-refractivity contribution in [2.75, 3.05) is 54.4 Å². The van der Waals surface area contributed by atoms with Crippen LogP contribution in [-0.4, -0.2) is 95.8 Å². The van der Waals surface area contributed by atoms with Crippen LogP contribution in [0.3, 0.4) is 0 Å². The molecule has 0 fully saturated rings. The third-order valence-electron chi connectivity index (χ3n) is 11.9. The van der Waals surface area contributed by atoms with Gasteiger partial charge in [-0.3, -0.25) is 9.59 Å². The molecule has 9 aromatic rings. The zero-order chi connectivity index (χ0) is 41.3. The number of fused-ring (bicyclic) bond motifs is 7. The predicted molar refractivity (Wildman–Crippen MR) is 247 cm³/mol. The van der Waals surface area contributed by atoms with E-state index in [1.807, 2.05) is 38.4 Å². The van der Waals surface area contributed by atoms with E-state index < -0.39 is 0 Å². The molecule has 0 radical (unpaired) electrons. The van der Waals surface area contributed by atoms with E-state index in [9.17, 15) is 9.59 Å². The van der Waals surface area contributed by atoms with Crippen LogP contribution >= 0.6 is 0 Å². The fraction of sp³-hybridized carbons (Fsp3) is 0.192. The monoisotopic (exact) mass is 788 g/mol. The molecule has 7 aromatic carbocycles. The van der Waals surface area contributed by atoms with E-state index in [1.54, 1.807) is 21.9 Å². The summed E-state index contributed by atoms with van der Waals surface area (Å²) >= 11 is 0. The minimum absolute atomic E-state index is 0.162. The van der Waals surface area contributed by atoms with E-state index in [0.29, 0.717) is 48.6 Å². The third-order valence-corrected chi connectivity index (χ3v) is 11.9. The first-order chi connectivity index (χ1) is 29.2. The standard InChI is InChI=1S/C52H48N6O2/c1-55(33-45-41-17-9-5-13-37(41)31-38-14-6-10-18-42(38)45)27-29-57(3)51(59)47-25-23-35-21-22-36-24-26-48(54-50(36)49(35)53-47)52(60)58(4)30-28-56(2)34-46-43-19-11-7-15-39(43)32-40-16-8-12-20-44(40)46/h5-26,31-32H,27-30,33-34H2,1-4H3. The highest BCUT2D eigenvalue weighted by atomic mass is 16.2. The van der Waals surface area contributed by atoms with Crippen molar-refractivity contribution in [2.45, 2.75) is 13.1 Å². The molecule has 8 nitrogen and oxygen atoms in total. The summed E-state index contributed by atoms with van der Waals surface area (Å²) in [5, 5.41) is 11.6. The zero-order valence-corrected chi connectivity index (χ0v) is 34.6. The van der Waals surface area contributed by atoms with E-state index in [1.165, 1.54) is 54.2 Å². The van der Waals surface area contributed by atoms with Gasteiger partial charge in [0.15, 0.2) is 0 Å². The normalized spacial score (nSPS) is 11.8. The number of carbonyl (C=O) groups is 2. The maximum Gasteiger partial charge on any atom is 0.272 e. The molecule has 2 aromatic heterocycles. The largest absolute Gasteiger partial charge is 0.339 e. The molecule has 0 aliphatic rings. The first kappa shape index (κ1) is 38.8. The Labute approximate surface area is 350 Å². The van der Waals surface area contributed by atoms with E-state index in [-0.39, 0.29) is 11.8 Å². The lowest BCUT2D eigenvalue weighted by molar-refractivity contribution is 0.0769. The van der Waals surface area contributed by atoms with Gasteiger partial charge in [0.1, 0.15) is 11.4 Å². The molecular formula is C52H48N6O2. The number of pyridine rings is 2. The highest BCUT2D eigenvalue weighted by Crippen LogP contribution is 2.31. The first-order valence-corrected chi connectivity index (χ1v) is 20.6. The number of rotatable bonds is 12. The Kier molecular flexibility index (Phi) is 10.7. The Morgan fingerprint density at radius 1 is 0.400 bits per heavy atom. The minimum atomic E-state index is -0.162. The lowest BCUT2D eigenvalue weighted by atomic mass is 9.96. The number of amides is 2. The van der Waals surface area contributed by atoms with Gasteiger partial charge in [-0.05, 0) is 92.6 Å². The van der Waals surface area contributed by atoms with Crippen molar-refractivity contribution in [3.63, 3.8) is 0 Å². The van der Waals surface area contributed by atoms with E-state index in [0.717, 1.165) is 23.9 Å². The van der Waals surface area contributed by atoms with Crippen molar-refractivity contribution < 1.29 is 9.59 Å². The van der Waals surface area contributed by atoms with Crippen molar-refractivity contribution >= 4 is 76.7 Å². The van der Waals surface area contributed by atoms with Crippen molar-refractivity contribution in [3.05, 3.63) is 168 Å². The van der Waals surface area contributed by atoms with Crippen molar-refractivity contribution in [1.29, 1.82) is 0 Å². The molecule has 0 saturated carbocycles. The molecule has 0 aliphatic heterocycles. The van der Waals surface area contributed by atoms with Gasteiger partial charge in [-0.25, -0.2) is 9.97 Å². The van der Waals surface area contributed by atoms with Gasteiger partial charge in [-0.1, -0.05) is 121 Å². The molecule has 9 rings (SSSR count). The van der Waals surface area contributed by atoms with Crippen molar-refractivity contribution in [1.82, 2.24) is 29.6 Å². The molecular weight excluding hydrogens is 741 g/mol. The van der Waals surface area contributed by atoms with E-state index in [2.05, 4.69) is 133 Å². The topological polar surface area (TPSA) is 72.9 Å². The van der Waals surface area contributed by atoms with E-state index in [4.69, 9.17) is 9.97 Å². The summed E-state index contributed by atoms with van der Waals surface area (Å²) in [7, 11) is 7.85.